The number of nitrogens with one attached hydrogen (secondary N) is 1. The maximum absolute atomic E-state index is 13.1. The molecule has 30 heavy (non-hydrogen) atoms. The van der Waals surface area contributed by atoms with E-state index in [9.17, 15) is 14.9 Å². The number of hydrogen-bond acceptors (Lipinski definition) is 4. The summed E-state index contributed by atoms with van der Waals surface area (Å²) in [6.45, 7) is 1.99. The number of rotatable bonds is 4. The number of halogens is 1. The second kappa shape index (κ2) is 7.93. The van der Waals surface area contributed by atoms with Crippen molar-refractivity contribution in [1.29, 1.82) is 0 Å². The van der Waals surface area contributed by atoms with Crippen LogP contribution in [0.25, 0.3) is 22.2 Å². The molecule has 0 bridgehead atoms. The number of hydrogen-bond donors (Lipinski definition) is 1. The fourth-order valence-corrected chi connectivity index (χ4v) is 3.49. The Morgan fingerprint density at radius 3 is 2.50 bits per heavy atom. The van der Waals surface area contributed by atoms with Crippen molar-refractivity contribution in [2.45, 2.75) is 6.92 Å². The Labute approximate surface area is 177 Å². The summed E-state index contributed by atoms with van der Waals surface area (Å²) in [6, 6.07) is 20.9. The summed E-state index contributed by atoms with van der Waals surface area (Å²) in [4.78, 5) is 28.2. The van der Waals surface area contributed by atoms with E-state index in [1.165, 1.54) is 18.2 Å². The molecule has 1 aromatic heterocycles. The van der Waals surface area contributed by atoms with Crippen molar-refractivity contribution >= 4 is 39.8 Å². The molecule has 3 aromatic carbocycles. The van der Waals surface area contributed by atoms with Crippen LogP contribution in [0.2, 0.25) is 5.02 Å². The highest BCUT2D eigenvalue weighted by Gasteiger charge is 2.17. The first-order valence-corrected chi connectivity index (χ1v) is 9.53. The van der Waals surface area contributed by atoms with Crippen LogP contribution in [0, 0.1) is 17.0 Å². The van der Waals surface area contributed by atoms with E-state index in [1.54, 1.807) is 6.07 Å². The molecule has 0 saturated carbocycles. The highest BCUT2D eigenvalue weighted by molar-refractivity contribution is 6.34. The first kappa shape index (κ1) is 19.5. The van der Waals surface area contributed by atoms with Crippen LogP contribution in [0.15, 0.2) is 72.8 Å². The molecule has 148 valence electrons. The fraction of sp³-hybridized carbons (Fsp3) is 0.0435. The van der Waals surface area contributed by atoms with Gasteiger partial charge in [0.05, 0.1) is 32.4 Å². The minimum Gasteiger partial charge on any atom is -0.321 e. The average molecular weight is 418 g/mol. The molecule has 1 heterocycles. The molecule has 4 rings (SSSR count). The zero-order chi connectivity index (χ0) is 21.3. The lowest BCUT2D eigenvalue weighted by Crippen LogP contribution is -2.13. The van der Waals surface area contributed by atoms with Crippen LogP contribution in [0.3, 0.4) is 0 Å². The molecule has 6 nitrogen and oxygen atoms in total. The van der Waals surface area contributed by atoms with Crippen LogP contribution in [0.5, 0.6) is 0 Å². The maximum Gasteiger partial charge on any atom is 0.271 e. The Hall–Kier alpha value is -3.77. The number of nitrogens with zero attached hydrogens (tertiary/aromatic N) is 2. The van der Waals surface area contributed by atoms with E-state index >= 15 is 0 Å². The van der Waals surface area contributed by atoms with Crippen LogP contribution in [0.4, 0.5) is 11.4 Å². The van der Waals surface area contributed by atoms with E-state index in [0.717, 1.165) is 11.1 Å². The Kier molecular flexibility index (Phi) is 5.16. The van der Waals surface area contributed by atoms with Crippen LogP contribution >= 0.6 is 11.6 Å². The quantitative estimate of drug-likeness (QED) is 0.324. The van der Waals surface area contributed by atoms with Gasteiger partial charge in [-0.15, -0.1) is 0 Å². The van der Waals surface area contributed by atoms with Gasteiger partial charge in [-0.3, -0.25) is 14.9 Å². The number of anilines is 1. The number of aryl methyl sites for hydroxylation is 1. The highest BCUT2D eigenvalue weighted by atomic mass is 35.5. The van der Waals surface area contributed by atoms with E-state index in [1.807, 2.05) is 55.5 Å². The number of nitro benzene ring substituents is 1. The summed E-state index contributed by atoms with van der Waals surface area (Å²) in [5.74, 6) is -0.376. The zero-order valence-corrected chi connectivity index (χ0v) is 16.7. The summed E-state index contributed by atoms with van der Waals surface area (Å²) < 4.78 is 0. The van der Waals surface area contributed by atoms with E-state index in [4.69, 9.17) is 16.6 Å². The fourth-order valence-electron chi connectivity index (χ4n) is 3.27. The second-order valence-corrected chi connectivity index (χ2v) is 7.17. The number of aromatic nitrogens is 1. The van der Waals surface area contributed by atoms with Gasteiger partial charge in [-0.2, -0.15) is 0 Å². The molecule has 0 radical (unpaired) electrons. The van der Waals surface area contributed by atoms with Gasteiger partial charge in [-0.05, 0) is 30.7 Å². The normalized spacial score (nSPS) is 10.7. The number of carbonyl (C=O) groups excluding carboxylic acids is 1. The number of pyridine rings is 1. The molecule has 1 amide bonds. The Bertz CT molecular complexity index is 1300. The smallest absolute Gasteiger partial charge is 0.271 e. The van der Waals surface area contributed by atoms with Crippen molar-refractivity contribution in [1.82, 2.24) is 4.98 Å². The Balaban J connectivity index is 1.79. The maximum atomic E-state index is 13.1. The average Bonchev–Trinajstić information content (AvgIpc) is 2.74. The van der Waals surface area contributed by atoms with Gasteiger partial charge in [-0.25, -0.2) is 4.98 Å². The number of fused-ring (bicyclic) bond motifs is 1. The van der Waals surface area contributed by atoms with Crippen LogP contribution < -0.4 is 5.32 Å². The van der Waals surface area contributed by atoms with Gasteiger partial charge in [0.15, 0.2) is 0 Å². The van der Waals surface area contributed by atoms with Gasteiger partial charge in [0.25, 0.3) is 11.6 Å². The summed E-state index contributed by atoms with van der Waals surface area (Å²) in [7, 11) is 0. The molecule has 0 fully saturated rings. The van der Waals surface area contributed by atoms with E-state index in [2.05, 4.69) is 5.32 Å². The van der Waals surface area contributed by atoms with Gasteiger partial charge in [-0.1, -0.05) is 54.1 Å². The monoisotopic (exact) mass is 417 g/mol. The number of para-hydroxylation sites is 1. The van der Waals surface area contributed by atoms with Gasteiger partial charge in [0, 0.05) is 23.1 Å². The largest absolute Gasteiger partial charge is 0.321 e. The van der Waals surface area contributed by atoms with Crippen LogP contribution in [0.1, 0.15) is 15.9 Å². The molecule has 1 N–H and O–H groups in total. The molecule has 0 saturated heterocycles. The van der Waals surface area contributed by atoms with Crippen molar-refractivity contribution in [3.05, 3.63) is 99.1 Å². The van der Waals surface area contributed by atoms with Crippen molar-refractivity contribution in [3.63, 3.8) is 0 Å². The molecule has 0 aliphatic carbocycles. The molecule has 0 atom stereocenters. The van der Waals surface area contributed by atoms with Crippen molar-refractivity contribution in [2.75, 3.05) is 5.32 Å². The van der Waals surface area contributed by atoms with E-state index in [-0.39, 0.29) is 16.6 Å². The van der Waals surface area contributed by atoms with Crippen molar-refractivity contribution in [3.8, 4) is 11.3 Å². The van der Waals surface area contributed by atoms with Crippen molar-refractivity contribution < 1.29 is 9.72 Å². The lowest BCUT2D eigenvalue weighted by atomic mass is 10.0. The van der Waals surface area contributed by atoms with E-state index in [0.29, 0.717) is 27.8 Å². The third-order valence-electron chi connectivity index (χ3n) is 4.79. The summed E-state index contributed by atoms with van der Waals surface area (Å²) in [6.07, 6.45) is 0. The van der Waals surface area contributed by atoms with Crippen LogP contribution in [-0.2, 0) is 0 Å². The zero-order valence-electron chi connectivity index (χ0n) is 15.9. The summed E-state index contributed by atoms with van der Waals surface area (Å²) in [5.41, 5.74) is 3.95. The first-order chi connectivity index (χ1) is 14.4. The van der Waals surface area contributed by atoms with Gasteiger partial charge >= 0.3 is 0 Å². The predicted octanol–water partition coefficient (Wildman–Crippen LogP) is 6.02. The Morgan fingerprint density at radius 2 is 1.77 bits per heavy atom. The molecule has 0 aliphatic heterocycles. The molecule has 0 spiro atoms. The summed E-state index contributed by atoms with van der Waals surface area (Å²) in [5, 5.41) is 14.5. The summed E-state index contributed by atoms with van der Waals surface area (Å²) >= 11 is 6.14. The minimum atomic E-state index is -0.539. The first-order valence-electron chi connectivity index (χ1n) is 9.15. The predicted molar refractivity (Wildman–Crippen MR) is 118 cm³/mol. The lowest BCUT2D eigenvalue weighted by molar-refractivity contribution is -0.384. The third-order valence-corrected chi connectivity index (χ3v) is 5.11. The molecule has 0 aliphatic rings. The number of amides is 1. The second-order valence-electron chi connectivity index (χ2n) is 6.76. The molecule has 7 heteroatoms. The number of carbonyl (C=O) groups is 1. The molecule has 0 unspecified atom stereocenters. The standard InChI is InChI=1S/C23H16ClN3O3/c1-14-6-2-3-7-16(14)22-13-18(17-8-4-5-9-20(17)25-22)23(28)26-21-11-10-15(27(29)30)12-19(21)24/h2-13H,1H3,(H,26,28). The van der Waals surface area contributed by atoms with Gasteiger partial charge in [0.1, 0.15) is 0 Å². The topological polar surface area (TPSA) is 85.1 Å². The third kappa shape index (κ3) is 3.73. The lowest BCUT2D eigenvalue weighted by Gasteiger charge is -2.12. The van der Waals surface area contributed by atoms with E-state index < -0.39 is 4.92 Å². The van der Waals surface area contributed by atoms with Gasteiger partial charge in [0.2, 0.25) is 0 Å². The van der Waals surface area contributed by atoms with Crippen molar-refractivity contribution in [2.24, 2.45) is 0 Å². The molecular weight excluding hydrogens is 402 g/mol. The molecular formula is C23H16ClN3O3. The number of nitro groups is 1. The number of non-ortho nitro benzene ring substituents is 1. The van der Waals surface area contributed by atoms with Crippen LogP contribution in [-0.4, -0.2) is 15.8 Å². The molecule has 4 aromatic rings. The highest BCUT2D eigenvalue weighted by Crippen LogP contribution is 2.30. The number of benzene rings is 3. The van der Waals surface area contributed by atoms with Gasteiger partial charge < -0.3 is 5.32 Å². The minimum absolute atomic E-state index is 0.0926. The Morgan fingerprint density at radius 1 is 1.03 bits per heavy atom. The SMILES string of the molecule is Cc1ccccc1-c1cc(C(=O)Nc2ccc([N+](=O)[O-])cc2Cl)c2ccccc2n1.